The predicted molar refractivity (Wildman–Crippen MR) is 127 cm³/mol. The van der Waals surface area contributed by atoms with Crippen LogP contribution >= 0.6 is 15.9 Å². The number of anilines is 1. The molecule has 7 heteroatoms. The van der Waals surface area contributed by atoms with Gasteiger partial charge in [-0.05, 0) is 56.3 Å². The fourth-order valence-corrected chi connectivity index (χ4v) is 3.44. The van der Waals surface area contributed by atoms with Crippen LogP contribution < -0.4 is 14.8 Å². The van der Waals surface area contributed by atoms with Crippen molar-refractivity contribution in [3.8, 4) is 11.5 Å². The Kier molecular flexibility index (Phi) is 10.5. The number of halogens is 2. The van der Waals surface area contributed by atoms with Gasteiger partial charge in [0.05, 0.1) is 7.11 Å². The second-order valence-corrected chi connectivity index (χ2v) is 7.96. The van der Waals surface area contributed by atoms with Crippen LogP contribution in [0.4, 0.5) is 10.1 Å². The highest BCUT2D eigenvalue weighted by molar-refractivity contribution is 9.10. The Morgan fingerprint density at radius 2 is 1.84 bits per heavy atom. The molecule has 168 valence electrons. The molecule has 0 aliphatic heterocycles. The molecule has 1 N–H and O–H groups in total. The summed E-state index contributed by atoms with van der Waals surface area (Å²) in [6, 6.07) is 9.89. The molecule has 0 radical (unpaired) electrons. The monoisotopic (exact) mass is 492 g/mol. The van der Waals surface area contributed by atoms with Crippen molar-refractivity contribution in [3.63, 3.8) is 0 Å². The van der Waals surface area contributed by atoms with Crippen molar-refractivity contribution in [1.82, 2.24) is 4.90 Å². The molecule has 0 aliphatic rings. The Balaban J connectivity index is 2.00. The lowest BCUT2D eigenvalue weighted by molar-refractivity contribution is -0.111. The maximum Gasteiger partial charge on any atom is 0.248 e. The molecule has 0 heterocycles. The molecule has 0 aliphatic carbocycles. The molecule has 0 spiro atoms. The summed E-state index contributed by atoms with van der Waals surface area (Å²) in [7, 11) is 1.58. The van der Waals surface area contributed by atoms with Crippen LogP contribution in [0.5, 0.6) is 11.5 Å². The normalized spacial score (nSPS) is 11.2. The second kappa shape index (κ2) is 13.1. The maximum absolute atomic E-state index is 13.9. The van der Waals surface area contributed by atoms with Gasteiger partial charge in [-0.15, -0.1) is 0 Å². The van der Waals surface area contributed by atoms with E-state index in [1.807, 2.05) is 0 Å². The molecule has 0 aromatic heterocycles. The number of amides is 1. The average molecular weight is 493 g/mol. The fraction of sp³-hybridized carbons (Fsp3) is 0.375. The van der Waals surface area contributed by atoms with Gasteiger partial charge in [-0.2, -0.15) is 0 Å². The van der Waals surface area contributed by atoms with Gasteiger partial charge in [-0.3, -0.25) is 9.69 Å². The van der Waals surface area contributed by atoms with Crippen LogP contribution in [0, 0.1) is 5.82 Å². The van der Waals surface area contributed by atoms with Gasteiger partial charge in [0.15, 0.2) is 11.5 Å². The SMILES string of the molecule is CCCN(CCC)CCOc1cc(NC(=O)C=Cc2ccc(Br)cc2F)ccc1OC. The van der Waals surface area contributed by atoms with Gasteiger partial charge in [-0.1, -0.05) is 35.8 Å². The van der Waals surface area contributed by atoms with Gasteiger partial charge < -0.3 is 14.8 Å². The summed E-state index contributed by atoms with van der Waals surface area (Å²) in [6.45, 7) is 7.75. The van der Waals surface area contributed by atoms with E-state index in [0.29, 0.717) is 33.8 Å². The summed E-state index contributed by atoms with van der Waals surface area (Å²) in [6.07, 6.45) is 4.93. The third kappa shape index (κ3) is 8.34. The first kappa shape index (κ1) is 24.9. The van der Waals surface area contributed by atoms with Crippen LogP contribution in [0.3, 0.4) is 0 Å². The van der Waals surface area contributed by atoms with Gasteiger partial charge in [0.1, 0.15) is 12.4 Å². The zero-order valence-electron chi connectivity index (χ0n) is 18.3. The number of benzene rings is 2. The van der Waals surface area contributed by atoms with Crippen molar-refractivity contribution >= 4 is 33.6 Å². The number of nitrogens with one attached hydrogen (secondary N) is 1. The largest absolute Gasteiger partial charge is 0.493 e. The summed E-state index contributed by atoms with van der Waals surface area (Å²) in [4.78, 5) is 14.6. The summed E-state index contributed by atoms with van der Waals surface area (Å²) in [5.74, 6) is 0.397. The minimum atomic E-state index is -0.404. The van der Waals surface area contributed by atoms with Gasteiger partial charge in [0, 0.05) is 34.4 Å². The Labute approximate surface area is 192 Å². The number of hydrogen-bond donors (Lipinski definition) is 1. The van der Waals surface area contributed by atoms with Crippen LogP contribution in [0.15, 0.2) is 46.9 Å². The predicted octanol–water partition coefficient (Wildman–Crippen LogP) is 5.75. The van der Waals surface area contributed by atoms with E-state index in [4.69, 9.17) is 9.47 Å². The van der Waals surface area contributed by atoms with Crippen LogP contribution in [0.2, 0.25) is 0 Å². The molecular formula is C24H30BrFN2O3. The highest BCUT2D eigenvalue weighted by atomic mass is 79.9. The molecule has 0 bridgehead atoms. The number of carbonyl (C=O) groups is 1. The first-order chi connectivity index (χ1) is 15.0. The molecule has 0 unspecified atom stereocenters. The molecule has 2 aromatic carbocycles. The topological polar surface area (TPSA) is 50.8 Å². The van der Waals surface area contributed by atoms with Crippen molar-refractivity contribution in [3.05, 3.63) is 58.3 Å². The van der Waals surface area contributed by atoms with E-state index in [1.54, 1.807) is 37.4 Å². The maximum atomic E-state index is 13.9. The summed E-state index contributed by atoms with van der Waals surface area (Å²) < 4.78 is 25.8. The zero-order valence-corrected chi connectivity index (χ0v) is 19.9. The lowest BCUT2D eigenvalue weighted by Crippen LogP contribution is -2.30. The standard InChI is InChI=1S/C24H30BrFN2O3/c1-4-12-28(13-5-2)14-15-31-23-17-20(9-10-22(23)30-3)27-24(29)11-7-18-6-8-19(25)16-21(18)26/h6-11,16-17H,4-5,12-15H2,1-3H3,(H,27,29). The van der Waals surface area contributed by atoms with Crippen LogP contribution in [-0.4, -0.2) is 44.2 Å². The van der Waals surface area contributed by atoms with E-state index in [2.05, 4.69) is 40.0 Å². The zero-order chi connectivity index (χ0) is 22.6. The van der Waals surface area contributed by atoms with Crippen molar-refractivity contribution in [1.29, 1.82) is 0 Å². The van der Waals surface area contributed by atoms with Crippen molar-refractivity contribution < 1.29 is 18.7 Å². The van der Waals surface area contributed by atoms with E-state index in [-0.39, 0.29) is 5.91 Å². The van der Waals surface area contributed by atoms with Crippen molar-refractivity contribution in [2.24, 2.45) is 0 Å². The molecule has 5 nitrogen and oxygen atoms in total. The first-order valence-electron chi connectivity index (χ1n) is 10.4. The molecule has 0 fully saturated rings. The average Bonchev–Trinajstić information content (AvgIpc) is 2.73. The third-order valence-electron chi connectivity index (χ3n) is 4.55. The Morgan fingerprint density at radius 3 is 2.48 bits per heavy atom. The van der Waals surface area contributed by atoms with Crippen molar-refractivity contribution in [2.45, 2.75) is 26.7 Å². The number of rotatable bonds is 12. The van der Waals surface area contributed by atoms with E-state index in [1.165, 1.54) is 18.2 Å². The highest BCUT2D eigenvalue weighted by Gasteiger charge is 2.09. The van der Waals surface area contributed by atoms with E-state index < -0.39 is 5.82 Å². The summed E-state index contributed by atoms with van der Waals surface area (Å²) in [5, 5.41) is 2.77. The first-order valence-corrected chi connectivity index (χ1v) is 11.2. The smallest absolute Gasteiger partial charge is 0.248 e. The Bertz CT molecular complexity index is 883. The molecule has 0 saturated heterocycles. The van der Waals surface area contributed by atoms with Gasteiger partial charge in [0.25, 0.3) is 0 Å². The van der Waals surface area contributed by atoms with Gasteiger partial charge in [-0.25, -0.2) is 4.39 Å². The number of nitrogens with zero attached hydrogens (tertiary/aromatic N) is 1. The van der Waals surface area contributed by atoms with E-state index in [9.17, 15) is 9.18 Å². The molecule has 2 rings (SSSR count). The Hall–Kier alpha value is -2.38. The quantitative estimate of drug-likeness (QED) is 0.383. The van der Waals surface area contributed by atoms with Crippen molar-refractivity contribution in [2.75, 3.05) is 38.7 Å². The second-order valence-electron chi connectivity index (χ2n) is 7.04. The van der Waals surface area contributed by atoms with Crippen LogP contribution in [-0.2, 0) is 4.79 Å². The van der Waals surface area contributed by atoms with Crippen LogP contribution in [0.25, 0.3) is 6.08 Å². The van der Waals surface area contributed by atoms with E-state index in [0.717, 1.165) is 32.5 Å². The fourth-order valence-electron chi connectivity index (χ4n) is 3.11. The van der Waals surface area contributed by atoms with Gasteiger partial charge in [0.2, 0.25) is 5.91 Å². The minimum Gasteiger partial charge on any atom is -0.493 e. The molecule has 31 heavy (non-hydrogen) atoms. The number of hydrogen-bond acceptors (Lipinski definition) is 4. The number of methoxy groups -OCH3 is 1. The molecule has 1 amide bonds. The summed E-state index contributed by atoms with van der Waals surface area (Å²) >= 11 is 3.21. The number of carbonyl (C=O) groups excluding carboxylic acids is 1. The molecule has 0 saturated carbocycles. The molecule has 0 atom stereocenters. The van der Waals surface area contributed by atoms with Crippen LogP contribution in [0.1, 0.15) is 32.3 Å². The Morgan fingerprint density at radius 1 is 1.10 bits per heavy atom. The third-order valence-corrected chi connectivity index (χ3v) is 5.05. The lowest BCUT2D eigenvalue weighted by Gasteiger charge is -2.21. The van der Waals surface area contributed by atoms with E-state index >= 15 is 0 Å². The highest BCUT2D eigenvalue weighted by Crippen LogP contribution is 2.30. The lowest BCUT2D eigenvalue weighted by atomic mass is 10.2. The molecular weight excluding hydrogens is 463 g/mol. The number of ether oxygens (including phenoxy) is 2. The van der Waals surface area contributed by atoms with Gasteiger partial charge >= 0.3 is 0 Å². The summed E-state index contributed by atoms with van der Waals surface area (Å²) in [5.41, 5.74) is 0.904. The minimum absolute atomic E-state index is 0.334. The molecule has 2 aromatic rings.